The van der Waals surface area contributed by atoms with E-state index in [0.717, 1.165) is 5.57 Å². The third kappa shape index (κ3) is 2.16. The molecular formula is C10H14ClNO2. The molecule has 0 heterocycles. The maximum absolute atomic E-state index is 10.7. The number of alkyl halides is 1. The number of carboxylic acids is 1. The van der Waals surface area contributed by atoms with Crippen LogP contribution in [0.15, 0.2) is 23.3 Å². The molecule has 0 aliphatic heterocycles. The van der Waals surface area contributed by atoms with Crippen molar-refractivity contribution in [1.82, 2.24) is 0 Å². The van der Waals surface area contributed by atoms with E-state index in [1.807, 2.05) is 6.92 Å². The molecule has 78 valence electrons. The first-order valence-corrected chi connectivity index (χ1v) is 4.81. The fraction of sp³-hybridized carbons (Fsp3) is 0.500. The van der Waals surface area contributed by atoms with Crippen molar-refractivity contribution in [1.29, 1.82) is 0 Å². The third-order valence-corrected chi connectivity index (χ3v) is 2.71. The van der Waals surface area contributed by atoms with E-state index in [2.05, 4.69) is 0 Å². The molecule has 0 saturated carbocycles. The van der Waals surface area contributed by atoms with Crippen LogP contribution in [-0.2, 0) is 4.79 Å². The normalized spacial score (nSPS) is 29.1. The predicted octanol–water partition coefficient (Wildman–Crippen LogP) is 1.67. The number of halogens is 1. The first-order chi connectivity index (χ1) is 6.34. The molecule has 0 aromatic carbocycles. The van der Waals surface area contributed by atoms with Gasteiger partial charge in [0.05, 0.1) is 4.87 Å². The molecule has 0 aromatic heterocycles. The number of hydrogen-bond acceptors (Lipinski definition) is 2. The largest absolute Gasteiger partial charge is 0.478 e. The summed E-state index contributed by atoms with van der Waals surface area (Å²) in [5.74, 6) is -0.920. The van der Waals surface area contributed by atoms with Gasteiger partial charge in [-0.05, 0) is 19.4 Å². The number of aliphatic carboxylic acids is 1. The molecule has 2 unspecified atom stereocenters. The van der Waals surface area contributed by atoms with E-state index in [1.165, 1.54) is 0 Å². The maximum Gasteiger partial charge on any atom is 0.331 e. The Morgan fingerprint density at radius 3 is 2.64 bits per heavy atom. The quantitative estimate of drug-likeness (QED) is 0.689. The van der Waals surface area contributed by atoms with Crippen LogP contribution in [0.2, 0.25) is 0 Å². The summed E-state index contributed by atoms with van der Waals surface area (Å²) in [6.07, 6.45) is 3.60. The molecule has 14 heavy (non-hydrogen) atoms. The van der Waals surface area contributed by atoms with Crippen molar-refractivity contribution in [2.75, 3.05) is 0 Å². The van der Waals surface area contributed by atoms with Crippen LogP contribution in [0.3, 0.4) is 0 Å². The van der Waals surface area contributed by atoms with E-state index < -0.39 is 10.8 Å². The first-order valence-electron chi connectivity index (χ1n) is 4.43. The Labute approximate surface area is 88.2 Å². The minimum absolute atomic E-state index is 0.149. The van der Waals surface area contributed by atoms with Gasteiger partial charge in [0.1, 0.15) is 0 Å². The molecule has 0 saturated heterocycles. The summed E-state index contributed by atoms with van der Waals surface area (Å²) in [5, 5.41) is 8.81. The Hall–Kier alpha value is -0.800. The molecule has 1 aliphatic rings. The lowest BCUT2D eigenvalue weighted by molar-refractivity contribution is -0.132. The number of rotatable bonds is 2. The van der Waals surface area contributed by atoms with E-state index in [4.69, 9.17) is 22.4 Å². The van der Waals surface area contributed by atoms with Gasteiger partial charge < -0.3 is 10.8 Å². The van der Waals surface area contributed by atoms with Gasteiger partial charge in [0.15, 0.2) is 0 Å². The molecule has 0 fully saturated rings. The summed E-state index contributed by atoms with van der Waals surface area (Å²) in [7, 11) is 0. The first kappa shape index (κ1) is 11.3. The van der Waals surface area contributed by atoms with Crippen molar-refractivity contribution in [3.05, 3.63) is 23.3 Å². The maximum atomic E-state index is 10.7. The average Bonchev–Trinajstić information content (AvgIpc) is 2.01. The number of allylic oxidation sites excluding steroid dienone is 2. The SMILES string of the molecule is CC(N)C1=CC=C(C(=O)O)CC1(C)Cl. The van der Waals surface area contributed by atoms with Gasteiger partial charge in [-0.1, -0.05) is 12.2 Å². The molecule has 1 rings (SSSR count). The lowest BCUT2D eigenvalue weighted by Crippen LogP contribution is -2.34. The summed E-state index contributed by atoms with van der Waals surface area (Å²) in [6, 6.07) is -0.149. The second-order valence-corrected chi connectivity index (χ2v) is 4.62. The molecule has 0 amide bonds. The number of carbonyl (C=O) groups is 1. The van der Waals surface area contributed by atoms with Crippen molar-refractivity contribution in [2.24, 2.45) is 5.73 Å². The summed E-state index contributed by atoms with van der Waals surface area (Å²) in [5.41, 5.74) is 6.94. The van der Waals surface area contributed by atoms with Gasteiger partial charge in [-0.25, -0.2) is 4.79 Å². The van der Waals surface area contributed by atoms with Gasteiger partial charge in [0.2, 0.25) is 0 Å². The minimum atomic E-state index is -0.920. The molecular weight excluding hydrogens is 202 g/mol. The van der Waals surface area contributed by atoms with Gasteiger partial charge in [-0.2, -0.15) is 0 Å². The Balaban J connectivity index is 3.03. The Bertz CT molecular complexity index is 316. The van der Waals surface area contributed by atoms with Gasteiger partial charge in [0, 0.05) is 18.0 Å². The Morgan fingerprint density at radius 2 is 2.29 bits per heavy atom. The zero-order valence-corrected chi connectivity index (χ0v) is 9.01. The van der Waals surface area contributed by atoms with E-state index in [0.29, 0.717) is 12.0 Å². The fourth-order valence-electron chi connectivity index (χ4n) is 1.66. The molecule has 0 bridgehead atoms. The lowest BCUT2D eigenvalue weighted by Gasteiger charge is -2.30. The fourth-order valence-corrected chi connectivity index (χ4v) is 2.04. The highest BCUT2D eigenvalue weighted by Crippen LogP contribution is 2.36. The highest BCUT2D eigenvalue weighted by molar-refractivity contribution is 6.26. The molecule has 1 aliphatic carbocycles. The van der Waals surface area contributed by atoms with Gasteiger partial charge in [0.25, 0.3) is 0 Å². The van der Waals surface area contributed by atoms with Crippen LogP contribution in [0.5, 0.6) is 0 Å². The van der Waals surface area contributed by atoms with Gasteiger partial charge in [-0.15, -0.1) is 11.6 Å². The van der Waals surface area contributed by atoms with Crippen molar-refractivity contribution < 1.29 is 9.90 Å². The van der Waals surface area contributed by atoms with Crippen molar-refractivity contribution in [3.63, 3.8) is 0 Å². The molecule has 3 nitrogen and oxygen atoms in total. The number of hydrogen-bond donors (Lipinski definition) is 2. The zero-order valence-electron chi connectivity index (χ0n) is 8.25. The zero-order chi connectivity index (χ0) is 10.9. The van der Waals surface area contributed by atoms with Crippen LogP contribution in [0, 0.1) is 0 Å². The molecule has 2 atom stereocenters. The van der Waals surface area contributed by atoms with Gasteiger partial charge >= 0.3 is 5.97 Å². The van der Waals surface area contributed by atoms with E-state index in [1.54, 1.807) is 19.1 Å². The van der Waals surface area contributed by atoms with E-state index in [-0.39, 0.29) is 6.04 Å². The van der Waals surface area contributed by atoms with Crippen molar-refractivity contribution in [3.8, 4) is 0 Å². The lowest BCUT2D eigenvalue weighted by atomic mass is 9.84. The van der Waals surface area contributed by atoms with Crippen molar-refractivity contribution in [2.45, 2.75) is 31.2 Å². The Morgan fingerprint density at radius 1 is 1.71 bits per heavy atom. The number of nitrogens with two attached hydrogens (primary N) is 1. The third-order valence-electron chi connectivity index (χ3n) is 2.35. The summed E-state index contributed by atoms with van der Waals surface area (Å²) < 4.78 is 0. The highest BCUT2D eigenvalue weighted by Gasteiger charge is 2.33. The molecule has 0 radical (unpaired) electrons. The second-order valence-electron chi connectivity index (χ2n) is 3.78. The summed E-state index contributed by atoms with van der Waals surface area (Å²) in [6.45, 7) is 3.63. The van der Waals surface area contributed by atoms with Crippen LogP contribution >= 0.6 is 11.6 Å². The van der Waals surface area contributed by atoms with Crippen LogP contribution in [-0.4, -0.2) is 22.0 Å². The summed E-state index contributed by atoms with van der Waals surface area (Å²) in [4.78, 5) is 10.1. The standard InChI is InChI=1S/C10H14ClNO2/c1-6(12)8-4-3-7(9(13)14)5-10(8,2)11/h3-4,6H,5,12H2,1-2H3,(H,13,14). The van der Waals surface area contributed by atoms with Gasteiger partial charge in [-0.3, -0.25) is 0 Å². The van der Waals surface area contributed by atoms with E-state index >= 15 is 0 Å². The highest BCUT2D eigenvalue weighted by atomic mass is 35.5. The molecule has 4 heteroatoms. The van der Waals surface area contributed by atoms with Crippen molar-refractivity contribution >= 4 is 17.6 Å². The topological polar surface area (TPSA) is 63.3 Å². The van der Waals surface area contributed by atoms with E-state index in [9.17, 15) is 4.79 Å². The van der Waals surface area contributed by atoms with Crippen LogP contribution < -0.4 is 5.73 Å². The van der Waals surface area contributed by atoms with Crippen LogP contribution in [0.4, 0.5) is 0 Å². The Kier molecular flexibility index (Phi) is 3.02. The smallest absolute Gasteiger partial charge is 0.331 e. The molecule has 0 spiro atoms. The monoisotopic (exact) mass is 215 g/mol. The molecule has 3 N–H and O–H groups in total. The molecule has 0 aromatic rings. The van der Waals surface area contributed by atoms with Crippen LogP contribution in [0.1, 0.15) is 20.3 Å². The van der Waals surface area contributed by atoms with Crippen LogP contribution in [0.25, 0.3) is 0 Å². The predicted molar refractivity (Wildman–Crippen MR) is 56.3 cm³/mol. The average molecular weight is 216 g/mol. The minimum Gasteiger partial charge on any atom is -0.478 e. The number of carboxylic acid groups (broad SMARTS) is 1. The second kappa shape index (κ2) is 3.75. The summed E-state index contributed by atoms with van der Waals surface area (Å²) >= 11 is 6.22.